The number of carbonyl (C=O) groups is 2. The van der Waals surface area contributed by atoms with Crippen molar-refractivity contribution >= 4 is 22.7 Å². The minimum absolute atomic E-state index is 0.151. The van der Waals surface area contributed by atoms with E-state index in [1.807, 2.05) is 40.3 Å². The second kappa shape index (κ2) is 6.90. The molecule has 1 aliphatic carbocycles. The fourth-order valence-electron chi connectivity index (χ4n) is 4.16. The van der Waals surface area contributed by atoms with E-state index in [9.17, 15) is 9.59 Å². The van der Waals surface area contributed by atoms with Gasteiger partial charge in [-0.25, -0.2) is 0 Å². The van der Waals surface area contributed by atoms with Crippen molar-refractivity contribution in [3.8, 4) is 0 Å². The average molecular weight is 339 g/mol. The Balaban J connectivity index is 1.34. The van der Waals surface area contributed by atoms with Crippen LogP contribution in [0.1, 0.15) is 31.2 Å². The SMILES string of the molecule is O=C(Cc1c[nH]c2ccccc12)N1CCN(C(=O)C2CCCC2)CC1. The number of aromatic nitrogens is 1. The van der Waals surface area contributed by atoms with Gasteiger partial charge in [-0.3, -0.25) is 9.59 Å². The van der Waals surface area contributed by atoms with Crippen LogP contribution in [0.2, 0.25) is 0 Å². The summed E-state index contributed by atoms with van der Waals surface area (Å²) in [7, 11) is 0. The maximum atomic E-state index is 12.7. The number of nitrogens with one attached hydrogen (secondary N) is 1. The summed E-state index contributed by atoms with van der Waals surface area (Å²) in [5.74, 6) is 0.687. The van der Waals surface area contributed by atoms with Crippen LogP contribution >= 0.6 is 0 Å². The third-order valence-electron chi connectivity index (χ3n) is 5.67. The molecule has 5 nitrogen and oxygen atoms in total. The van der Waals surface area contributed by atoms with Crippen LogP contribution in [0.4, 0.5) is 0 Å². The minimum atomic E-state index is 0.151. The van der Waals surface area contributed by atoms with Gasteiger partial charge in [0, 0.05) is 49.2 Å². The molecule has 0 unspecified atom stereocenters. The Hall–Kier alpha value is -2.30. The van der Waals surface area contributed by atoms with Gasteiger partial charge in [0.05, 0.1) is 6.42 Å². The van der Waals surface area contributed by atoms with Crippen LogP contribution in [0.15, 0.2) is 30.5 Å². The molecule has 2 aliphatic rings. The third-order valence-corrected chi connectivity index (χ3v) is 5.67. The zero-order chi connectivity index (χ0) is 17.2. The molecule has 0 bridgehead atoms. The van der Waals surface area contributed by atoms with Gasteiger partial charge in [-0.1, -0.05) is 31.0 Å². The summed E-state index contributed by atoms with van der Waals surface area (Å²) < 4.78 is 0. The number of aromatic amines is 1. The van der Waals surface area contributed by atoms with Crippen LogP contribution in [0, 0.1) is 5.92 Å². The number of piperazine rings is 1. The first kappa shape index (κ1) is 16.2. The Morgan fingerprint density at radius 1 is 1.00 bits per heavy atom. The molecule has 1 aromatic heterocycles. The molecule has 2 aromatic rings. The van der Waals surface area contributed by atoms with Crippen LogP contribution in [-0.4, -0.2) is 52.8 Å². The Morgan fingerprint density at radius 3 is 2.44 bits per heavy atom. The maximum Gasteiger partial charge on any atom is 0.227 e. The van der Waals surface area contributed by atoms with Crippen LogP contribution in [-0.2, 0) is 16.0 Å². The van der Waals surface area contributed by atoms with E-state index in [1.54, 1.807) is 0 Å². The zero-order valence-corrected chi connectivity index (χ0v) is 14.5. The van der Waals surface area contributed by atoms with Crippen molar-refractivity contribution in [3.05, 3.63) is 36.0 Å². The van der Waals surface area contributed by atoms with Crippen molar-refractivity contribution in [2.24, 2.45) is 5.92 Å². The predicted molar refractivity (Wildman–Crippen MR) is 97.1 cm³/mol. The first-order valence-corrected chi connectivity index (χ1v) is 9.34. The van der Waals surface area contributed by atoms with E-state index in [0.29, 0.717) is 38.5 Å². The summed E-state index contributed by atoms with van der Waals surface area (Å²) in [5.41, 5.74) is 2.11. The largest absolute Gasteiger partial charge is 0.361 e. The van der Waals surface area contributed by atoms with E-state index in [4.69, 9.17) is 0 Å². The van der Waals surface area contributed by atoms with Gasteiger partial charge >= 0.3 is 0 Å². The van der Waals surface area contributed by atoms with Gasteiger partial charge in [0.15, 0.2) is 0 Å². The van der Waals surface area contributed by atoms with E-state index in [2.05, 4.69) is 4.98 Å². The lowest BCUT2D eigenvalue weighted by Gasteiger charge is -2.36. The number of H-pyrrole nitrogens is 1. The Labute approximate surface area is 148 Å². The predicted octanol–water partition coefficient (Wildman–Crippen LogP) is 2.57. The van der Waals surface area contributed by atoms with Crippen molar-refractivity contribution < 1.29 is 9.59 Å². The number of nitrogens with zero attached hydrogens (tertiary/aromatic N) is 2. The van der Waals surface area contributed by atoms with Crippen molar-refractivity contribution in [3.63, 3.8) is 0 Å². The number of rotatable bonds is 3. The van der Waals surface area contributed by atoms with Crippen LogP contribution in [0.5, 0.6) is 0 Å². The number of para-hydroxylation sites is 1. The van der Waals surface area contributed by atoms with Crippen molar-refractivity contribution in [1.29, 1.82) is 0 Å². The zero-order valence-electron chi connectivity index (χ0n) is 14.5. The highest BCUT2D eigenvalue weighted by Gasteiger charge is 2.30. The number of hydrogen-bond acceptors (Lipinski definition) is 2. The van der Waals surface area contributed by atoms with Gasteiger partial charge in [0.2, 0.25) is 11.8 Å². The van der Waals surface area contributed by atoms with Gasteiger partial charge in [-0.05, 0) is 24.5 Å². The summed E-state index contributed by atoms with van der Waals surface area (Å²) in [5, 5.41) is 1.12. The molecule has 1 aliphatic heterocycles. The fraction of sp³-hybridized carbons (Fsp3) is 0.500. The molecule has 0 atom stereocenters. The fourth-order valence-corrected chi connectivity index (χ4v) is 4.16. The molecule has 2 amide bonds. The van der Waals surface area contributed by atoms with Gasteiger partial charge < -0.3 is 14.8 Å². The van der Waals surface area contributed by atoms with Gasteiger partial charge in [-0.2, -0.15) is 0 Å². The van der Waals surface area contributed by atoms with E-state index < -0.39 is 0 Å². The molecule has 2 fully saturated rings. The molecular weight excluding hydrogens is 314 g/mol. The molecule has 1 saturated carbocycles. The molecular formula is C20H25N3O2. The van der Waals surface area contributed by atoms with Crippen molar-refractivity contribution in [2.45, 2.75) is 32.1 Å². The standard InChI is InChI=1S/C20H25N3O2/c24-19(13-16-14-21-18-8-4-3-7-17(16)18)22-9-11-23(12-10-22)20(25)15-5-1-2-6-15/h3-4,7-8,14-15,21H,1-2,5-6,9-13H2. The second-order valence-corrected chi connectivity index (χ2v) is 7.22. The van der Waals surface area contributed by atoms with Crippen molar-refractivity contribution in [1.82, 2.24) is 14.8 Å². The molecule has 1 N–H and O–H groups in total. The lowest BCUT2D eigenvalue weighted by atomic mass is 10.1. The van der Waals surface area contributed by atoms with E-state index in [1.165, 1.54) is 12.8 Å². The summed E-state index contributed by atoms with van der Waals surface area (Å²) in [4.78, 5) is 32.2. The summed E-state index contributed by atoms with van der Waals surface area (Å²) >= 11 is 0. The van der Waals surface area contributed by atoms with E-state index in [-0.39, 0.29) is 11.8 Å². The molecule has 25 heavy (non-hydrogen) atoms. The van der Waals surface area contributed by atoms with Crippen molar-refractivity contribution in [2.75, 3.05) is 26.2 Å². The number of amides is 2. The molecule has 0 spiro atoms. The molecule has 132 valence electrons. The highest BCUT2D eigenvalue weighted by Crippen LogP contribution is 2.27. The average Bonchev–Trinajstić information content (AvgIpc) is 3.32. The third kappa shape index (κ3) is 3.28. The number of hydrogen-bond donors (Lipinski definition) is 1. The highest BCUT2D eigenvalue weighted by molar-refractivity contribution is 5.89. The topological polar surface area (TPSA) is 56.4 Å². The normalized spacial score (nSPS) is 18.9. The molecule has 4 rings (SSSR count). The number of benzene rings is 1. The summed E-state index contributed by atoms with van der Waals surface area (Å²) in [6, 6.07) is 8.06. The monoisotopic (exact) mass is 339 g/mol. The Kier molecular flexibility index (Phi) is 4.47. The van der Waals surface area contributed by atoms with Crippen LogP contribution in [0.25, 0.3) is 10.9 Å². The first-order valence-electron chi connectivity index (χ1n) is 9.34. The highest BCUT2D eigenvalue weighted by atomic mass is 16.2. The van der Waals surface area contributed by atoms with Crippen LogP contribution in [0.3, 0.4) is 0 Å². The lowest BCUT2D eigenvalue weighted by molar-refractivity contribution is -0.141. The minimum Gasteiger partial charge on any atom is -0.361 e. The molecule has 1 aromatic carbocycles. The lowest BCUT2D eigenvalue weighted by Crippen LogP contribution is -2.52. The maximum absolute atomic E-state index is 12.7. The molecule has 5 heteroatoms. The van der Waals surface area contributed by atoms with Gasteiger partial charge in [0.1, 0.15) is 0 Å². The number of carbonyl (C=O) groups excluding carboxylic acids is 2. The van der Waals surface area contributed by atoms with Crippen LogP contribution < -0.4 is 0 Å². The quantitative estimate of drug-likeness (QED) is 0.934. The first-order chi connectivity index (χ1) is 12.2. The molecule has 0 radical (unpaired) electrons. The second-order valence-electron chi connectivity index (χ2n) is 7.22. The van der Waals surface area contributed by atoms with Gasteiger partial charge in [-0.15, -0.1) is 0 Å². The van der Waals surface area contributed by atoms with Gasteiger partial charge in [0.25, 0.3) is 0 Å². The van der Waals surface area contributed by atoms with E-state index >= 15 is 0 Å². The Morgan fingerprint density at radius 2 is 1.68 bits per heavy atom. The number of fused-ring (bicyclic) bond motifs is 1. The smallest absolute Gasteiger partial charge is 0.227 e. The Bertz CT molecular complexity index is 768. The van der Waals surface area contributed by atoms with E-state index in [0.717, 1.165) is 29.3 Å². The molecule has 1 saturated heterocycles. The summed E-state index contributed by atoms with van der Waals surface area (Å²) in [6.07, 6.45) is 6.79. The molecule has 2 heterocycles. The summed E-state index contributed by atoms with van der Waals surface area (Å²) in [6.45, 7) is 2.66.